The molecule has 0 aliphatic heterocycles. The van der Waals surface area contributed by atoms with Crippen LogP contribution in [0.25, 0.3) is 0 Å². The summed E-state index contributed by atoms with van der Waals surface area (Å²) in [5.74, 6) is 1.71. The quantitative estimate of drug-likeness (QED) is 0.674. The molecular weight excluding hydrogens is 176 g/mol. The Bertz CT molecular complexity index is 340. The van der Waals surface area contributed by atoms with Crippen molar-refractivity contribution in [2.75, 3.05) is 0 Å². The number of ketones is 1. The van der Waals surface area contributed by atoms with Crippen LogP contribution in [0.2, 0.25) is 0 Å². The molecule has 0 aliphatic rings. The van der Waals surface area contributed by atoms with Gasteiger partial charge >= 0.3 is 0 Å². The van der Waals surface area contributed by atoms with E-state index in [0.29, 0.717) is 6.42 Å². The van der Waals surface area contributed by atoms with Gasteiger partial charge < -0.3 is 4.42 Å². The van der Waals surface area contributed by atoms with E-state index in [1.807, 2.05) is 19.9 Å². The Kier molecular flexibility index (Phi) is 2.84. The highest BCUT2D eigenvalue weighted by Gasteiger charge is 2.20. The van der Waals surface area contributed by atoms with E-state index < -0.39 is 0 Å². The minimum atomic E-state index is 0.0364. The van der Waals surface area contributed by atoms with E-state index in [2.05, 4.69) is 20.8 Å². The predicted molar refractivity (Wildman–Crippen MR) is 56.6 cm³/mol. The van der Waals surface area contributed by atoms with Crippen LogP contribution in [0, 0.1) is 19.3 Å². The van der Waals surface area contributed by atoms with Crippen molar-refractivity contribution in [3.63, 3.8) is 0 Å². The van der Waals surface area contributed by atoms with Crippen molar-refractivity contribution in [2.45, 2.75) is 41.0 Å². The van der Waals surface area contributed by atoms with Crippen molar-refractivity contribution in [3.05, 3.63) is 23.2 Å². The maximum atomic E-state index is 11.8. The summed E-state index contributed by atoms with van der Waals surface area (Å²) in [5.41, 5.74) is 0.770. The summed E-state index contributed by atoms with van der Waals surface area (Å²) in [6.07, 6.45) is 0.562. The molecule has 0 atom stereocenters. The first-order valence-corrected chi connectivity index (χ1v) is 4.90. The molecule has 1 rings (SSSR count). The first-order valence-electron chi connectivity index (χ1n) is 4.90. The molecule has 0 aliphatic carbocycles. The van der Waals surface area contributed by atoms with Gasteiger partial charge in [-0.05, 0) is 25.3 Å². The van der Waals surface area contributed by atoms with Crippen LogP contribution in [0.15, 0.2) is 10.5 Å². The maximum Gasteiger partial charge on any atom is 0.166 e. The highest BCUT2D eigenvalue weighted by molar-refractivity contribution is 5.97. The second-order valence-corrected chi connectivity index (χ2v) is 4.99. The molecule has 2 heteroatoms. The van der Waals surface area contributed by atoms with Crippen molar-refractivity contribution in [2.24, 2.45) is 5.41 Å². The van der Waals surface area contributed by atoms with E-state index in [1.54, 1.807) is 0 Å². The zero-order valence-corrected chi connectivity index (χ0v) is 9.60. The summed E-state index contributed by atoms with van der Waals surface area (Å²) >= 11 is 0. The van der Waals surface area contributed by atoms with Crippen LogP contribution >= 0.6 is 0 Å². The fourth-order valence-corrected chi connectivity index (χ4v) is 1.48. The third-order valence-electron chi connectivity index (χ3n) is 2.03. The lowest BCUT2D eigenvalue weighted by Crippen LogP contribution is -2.13. The summed E-state index contributed by atoms with van der Waals surface area (Å²) in [5, 5.41) is 0. The topological polar surface area (TPSA) is 30.2 Å². The van der Waals surface area contributed by atoms with Gasteiger partial charge in [0.15, 0.2) is 5.78 Å². The minimum absolute atomic E-state index is 0.0364. The minimum Gasteiger partial charge on any atom is -0.466 e. The van der Waals surface area contributed by atoms with Crippen LogP contribution < -0.4 is 0 Å². The lowest BCUT2D eigenvalue weighted by atomic mass is 9.88. The van der Waals surface area contributed by atoms with Crippen molar-refractivity contribution in [1.29, 1.82) is 0 Å². The van der Waals surface area contributed by atoms with Crippen LogP contribution in [-0.2, 0) is 0 Å². The SMILES string of the molecule is Cc1cc(C(=O)CC(C)(C)C)c(C)o1. The number of Topliss-reactive ketones (excluding diaryl/α,β-unsaturated/α-hetero) is 1. The number of aryl methyl sites for hydroxylation is 2. The van der Waals surface area contributed by atoms with E-state index in [-0.39, 0.29) is 11.2 Å². The molecule has 0 spiro atoms. The third-order valence-corrected chi connectivity index (χ3v) is 2.03. The lowest BCUT2D eigenvalue weighted by molar-refractivity contribution is 0.0938. The summed E-state index contributed by atoms with van der Waals surface area (Å²) in [4.78, 5) is 11.8. The van der Waals surface area contributed by atoms with Gasteiger partial charge in [-0.15, -0.1) is 0 Å². The summed E-state index contributed by atoms with van der Waals surface area (Å²) in [6.45, 7) is 9.89. The fourth-order valence-electron chi connectivity index (χ4n) is 1.48. The van der Waals surface area contributed by atoms with Crippen LogP contribution in [0.3, 0.4) is 0 Å². The first kappa shape index (κ1) is 11.0. The molecular formula is C12H18O2. The average Bonchev–Trinajstić information content (AvgIpc) is 2.26. The van der Waals surface area contributed by atoms with Crippen LogP contribution in [0.4, 0.5) is 0 Å². The molecule has 0 saturated carbocycles. The van der Waals surface area contributed by atoms with Crippen molar-refractivity contribution in [1.82, 2.24) is 0 Å². The van der Waals surface area contributed by atoms with Gasteiger partial charge in [0.2, 0.25) is 0 Å². The molecule has 0 bridgehead atoms. The summed E-state index contributed by atoms with van der Waals surface area (Å²) in [6, 6.07) is 1.82. The van der Waals surface area contributed by atoms with Gasteiger partial charge in [-0.1, -0.05) is 20.8 Å². The number of hydrogen-bond donors (Lipinski definition) is 0. The highest BCUT2D eigenvalue weighted by Crippen LogP contribution is 2.24. The zero-order chi connectivity index (χ0) is 10.9. The molecule has 0 N–H and O–H groups in total. The normalized spacial score (nSPS) is 11.8. The number of carbonyl (C=O) groups excluding carboxylic acids is 1. The largest absolute Gasteiger partial charge is 0.466 e. The van der Waals surface area contributed by atoms with Crippen LogP contribution in [0.1, 0.15) is 49.1 Å². The smallest absolute Gasteiger partial charge is 0.166 e. The molecule has 0 radical (unpaired) electrons. The number of furan rings is 1. The van der Waals surface area contributed by atoms with E-state index in [4.69, 9.17) is 4.42 Å². The molecule has 1 aromatic heterocycles. The van der Waals surface area contributed by atoms with E-state index in [9.17, 15) is 4.79 Å². The fraction of sp³-hybridized carbons (Fsp3) is 0.583. The first-order chi connectivity index (χ1) is 6.29. The molecule has 0 saturated heterocycles. The highest BCUT2D eigenvalue weighted by atomic mass is 16.3. The predicted octanol–water partition coefficient (Wildman–Crippen LogP) is 3.52. The molecule has 2 nitrogen and oxygen atoms in total. The Morgan fingerprint density at radius 2 is 1.93 bits per heavy atom. The molecule has 0 aromatic carbocycles. The molecule has 0 fully saturated rings. The molecule has 1 heterocycles. The maximum absolute atomic E-state index is 11.8. The van der Waals surface area contributed by atoms with Crippen LogP contribution in [-0.4, -0.2) is 5.78 Å². The van der Waals surface area contributed by atoms with Gasteiger partial charge in [0.25, 0.3) is 0 Å². The second kappa shape index (κ2) is 3.60. The number of hydrogen-bond acceptors (Lipinski definition) is 2. The van der Waals surface area contributed by atoms with E-state index in [0.717, 1.165) is 17.1 Å². The van der Waals surface area contributed by atoms with Crippen molar-refractivity contribution < 1.29 is 9.21 Å². The molecule has 1 aromatic rings. The lowest BCUT2D eigenvalue weighted by Gasteiger charge is -2.16. The van der Waals surface area contributed by atoms with Crippen LogP contribution in [0.5, 0.6) is 0 Å². The Balaban J connectivity index is 2.85. The summed E-state index contributed by atoms with van der Waals surface area (Å²) in [7, 11) is 0. The Hall–Kier alpha value is -1.05. The number of carbonyl (C=O) groups is 1. The average molecular weight is 194 g/mol. The second-order valence-electron chi connectivity index (χ2n) is 4.99. The van der Waals surface area contributed by atoms with Gasteiger partial charge in [-0.25, -0.2) is 0 Å². The van der Waals surface area contributed by atoms with E-state index in [1.165, 1.54) is 0 Å². The Morgan fingerprint density at radius 3 is 2.29 bits per heavy atom. The molecule has 0 unspecified atom stereocenters. The molecule has 14 heavy (non-hydrogen) atoms. The van der Waals surface area contributed by atoms with Gasteiger partial charge in [0, 0.05) is 6.42 Å². The van der Waals surface area contributed by atoms with Crippen molar-refractivity contribution >= 4 is 5.78 Å². The van der Waals surface area contributed by atoms with E-state index >= 15 is 0 Å². The standard InChI is InChI=1S/C12H18O2/c1-8-6-10(9(2)14-8)11(13)7-12(3,4)5/h6H,7H2,1-5H3. The zero-order valence-electron chi connectivity index (χ0n) is 9.60. The monoisotopic (exact) mass is 194 g/mol. The Morgan fingerprint density at radius 1 is 1.36 bits per heavy atom. The van der Waals surface area contributed by atoms with Crippen molar-refractivity contribution in [3.8, 4) is 0 Å². The Labute approximate surface area is 85.3 Å². The number of rotatable bonds is 2. The summed E-state index contributed by atoms with van der Waals surface area (Å²) < 4.78 is 5.33. The molecule has 0 amide bonds. The molecule has 78 valence electrons. The van der Waals surface area contributed by atoms with Gasteiger partial charge in [-0.3, -0.25) is 4.79 Å². The van der Waals surface area contributed by atoms with Gasteiger partial charge in [-0.2, -0.15) is 0 Å². The van der Waals surface area contributed by atoms with Gasteiger partial charge in [0.05, 0.1) is 5.56 Å². The van der Waals surface area contributed by atoms with Gasteiger partial charge in [0.1, 0.15) is 11.5 Å². The third kappa shape index (κ3) is 2.72.